The van der Waals surface area contributed by atoms with Crippen molar-refractivity contribution in [2.45, 2.75) is 58.2 Å². The Kier molecular flexibility index (Phi) is 7.47. The Balaban J connectivity index is 0.00000243. The minimum absolute atomic E-state index is 0. The summed E-state index contributed by atoms with van der Waals surface area (Å²) in [6.45, 7) is 6.44. The maximum atomic E-state index is 12.9. The maximum Gasteiger partial charge on any atom is 0.243 e. The molecule has 0 aliphatic carbocycles. The molecule has 26 heavy (non-hydrogen) atoms. The van der Waals surface area contributed by atoms with E-state index >= 15 is 0 Å². The summed E-state index contributed by atoms with van der Waals surface area (Å²) in [7, 11) is 0. The zero-order valence-electron chi connectivity index (χ0n) is 15.7. The molecule has 0 spiro atoms. The number of benzene rings is 1. The second-order valence-electron chi connectivity index (χ2n) is 7.66. The van der Waals surface area contributed by atoms with Gasteiger partial charge in [0.25, 0.3) is 0 Å². The minimum atomic E-state index is -0.400. The van der Waals surface area contributed by atoms with E-state index in [0.29, 0.717) is 19.4 Å². The zero-order chi connectivity index (χ0) is 17.8. The summed E-state index contributed by atoms with van der Waals surface area (Å²) in [5, 5.41) is 6.49. The molecule has 0 radical (unpaired) electrons. The van der Waals surface area contributed by atoms with Crippen molar-refractivity contribution in [3.05, 3.63) is 35.4 Å². The molecule has 2 atom stereocenters. The average Bonchev–Trinajstić information content (AvgIpc) is 2.61. The zero-order valence-corrected chi connectivity index (χ0v) is 16.5. The highest BCUT2D eigenvalue weighted by atomic mass is 35.5. The van der Waals surface area contributed by atoms with E-state index in [9.17, 15) is 9.59 Å². The number of hydrogen-bond acceptors (Lipinski definition) is 3. The van der Waals surface area contributed by atoms with Gasteiger partial charge in [0, 0.05) is 32.0 Å². The Labute approximate surface area is 162 Å². The summed E-state index contributed by atoms with van der Waals surface area (Å²) in [5.74, 6) is 0.350. The van der Waals surface area contributed by atoms with E-state index in [0.717, 1.165) is 31.5 Å². The summed E-state index contributed by atoms with van der Waals surface area (Å²) < 4.78 is 0. The van der Waals surface area contributed by atoms with Crippen LogP contribution >= 0.6 is 12.4 Å². The molecule has 1 aromatic carbocycles. The van der Waals surface area contributed by atoms with Crippen LogP contribution < -0.4 is 10.6 Å². The van der Waals surface area contributed by atoms with Crippen LogP contribution in [0.3, 0.4) is 0 Å². The highest BCUT2D eigenvalue weighted by Crippen LogP contribution is 2.25. The molecule has 2 aliphatic heterocycles. The second-order valence-corrected chi connectivity index (χ2v) is 7.66. The van der Waals surface area contributed by atoms with E-state index < -0.39 is 6.04 Å². The van der Waals surface area contributed by atoms with Gasteiger partial charge in [0.1, 0.15) is 6.04 Å². The van der Waals surface area contributed by atoms with E-state index in [1.165, 1.54) is 5.56 Å². The van der Waals surface area contributed by atoms with Gasteiger partial charge in [-0.25, -0.2) is 0 Å². The lowest BCUT2D eigenvalue weighted by molar-refractivity contribution is -0.142. The van der Waals surface area contributed by atoms with Crippen LogP contribution in [0.4, 0.5) is 0 Å². The first kappa shape index (κ1) is 20.7. The molecule has 5 nitrogen and oxygen atoms in total. The fourth-order valence-electron chi connectivity index (χ4n) is 3.76. The number of rotatable bonds is 4. The fraction of sp³-hybridized carbons (Fsp3) is 0.600. The van der Waals surface area contributed by atoms with Gasteiger partial charge >= 0.3 is 0 Å². The summed E-state index contributed by atoms with van der Waals surface area (Å²) >= 11 is 0. The van der Waals surface area contributed by atoms with Gasteiger partial charge in [0.15, 0.2) is 0 Å². The standard InChI is InChI=1S/C20H29N3O2.ClH/c1-14(2)10-19(24)23-13-16-7-4-3-6-15(16)11-18(23)20(25)22-17-8-5-9-21-12-17;/h3-4,6-7,14,17-18,21H,5,8-13H2,1-2H3,(H,22,25);1H/t17-,18?;/m0./s1. The SMILES string of the molecule is CC(C)CC(=O)N1Cc2ccccc2CC1C(=O)N[C@H]1CCCNC1.Cl. The number of nitrogens with zero attached hydrogens (tertiary/aromatic N) is 1. The minimum Gasteiger partial charge on any atom is -0.350 e. The monoisotopic (exact) mass is 379 g/mol. The van der Waals surface area contributed by atoms with Gasteiger partial charge in [-0.2, -0.15) is 0 Å². The Bertz CT molecular complexity index is 629. The predicted octanol–water partition coefficient (Wildman–Crippen LogP) is 2.28. The molecule has 0 aromatic heterocycles. The molecule has 3 rings (SSSR count). The molecule has 1 unspecified atom stereocenters. The van der Waals surface area contributed by atoms with E-state index in [1.54, 1.807) is 4.90 Å². The topological polar surface area (TPSA) is 61.4 Å². The van der Waals surface area contributed by atoms with Crippen molar-refractivity contribution in [3.8, 4) is 0 Å². The number of fused-ring (bicyclic) bond motifs is 1. The number of hydrogen-bond donors (Lipinski definition) is 2. The second kappa shape index (κ2) is 9.38. The number of carbonyl (C=O) groups is 2. The van der Waals surface area contributed by atoms with Crippen LogP contribution in [0.25, 0.3) is 0 Å². The van der Waals surface area contributed by atoms with Crippen molar-refractivity contribution in [1.82, 2.24) is 15.5 Å². The molecule has 144 valence electrons. The van der Waals surface area contributed by atoms with Gasteiger partial charge in [-0.05, 0) is 36.4 Å². The van der Waals surface area contributed by atoms with Gasteiger partial charge in [-0.3, -0.25) is 9.59 Å². The van der Waals surface area contributed by atoms with Gasteiger partial charge in [-0.1, -0.05) is 38.1 Å². The largest absolute Gasteiger partial charge is 0.350 e. The van der Waals surface area contributed by atoms with Crippen LogP contribution in [0.15, 0.2) is 24.3 Å². The van der Waals surface area contributed by atoms with Crippen LogP contribution in [0.5, 0.6) is 0 Å². The lowest BCUT2D eigenvalue weighted by Gasteiger charge is -2.37. The van der Waals surface area contributed by atoms with Gasteiger partial charge in [0.2, 0.25) is 11.8 Å². The summed E-state index contributed by atoms with van der Waals surface area (Å²) in [6.07, 6.45) is 3.17. The Morgan fingerprint density at radius 3 is 2.65 bits per heavy atom. The molecule has 0 bridgehead atoms. The molecule has 0 saturated carbocycles. The van der Waals surface area contributed by atoms with Crippen molar-refractivity contribution in [2.24, 2.45) is 5.92 Å². The average molecular weight is 380 g/mol. The van der Waals surface area contributed by atoms with Crippen molar-refractivity contribution in [3.63, 3.8) is 0 Å². The molecule has 6 heteroatoms. The summed E-state index contributed by atoms with van der Waals surface area (Å²) in [6, 6.07) is 7.90. The maximum absolute atomic E-state index is 12.9. The van der Waals surface area contributed by atoms with Crippen LogP contribution in [0.1, 0.15) is 44.2 Å². The highest BCUT2D eigenvalue weighted by molar-refractivity contribution is 5.88. The summed E-state index contributed by atoms with van der Waals surface area (Å²) in [5.41, 5.74) is 2.33. The Morgan fingerprint density at radius 2 is 2.00 bits per heavy atom. The molecular formula is C20H30ClN3O2. The van der Waals surface area contributed by atoms with Crippen molar-refractivity contribution in [2.75, 3.05) is 13.1 Å². The molecular weight excluding hydrogens is 350 g/mol. The van der Waals surface area contributed by atoms with Gasteiger partial charge in [0.05, 0.1) is 0 Å². The molecule has 2 heterocycles. The number of carbonyl (C=O) groups excluding carboxylic acids is 2. The predicted molar refractivity (Wildman–Crippen MR) is 105 cm³/mol. The number of amides is 2. The molecule has 1 saturated heterocycles. The van der Waals surface area contributed by atoms with Crippen LogP contribution in [0, 0.1) is 5.92 Å². The van der Waals surface area contributed by atoms with Crippen LogP contribution in [0.2, 0.25) is 0 Å². The third-order valence-corrected chi connectivity index (χ3v) is 5.10. The van der Waals surface area contributed by atoms with Crippen LogP contribution in [-0.4, -0.2) is 41.9 Å². The molecule has 1 fully saturated rings. The smallest absolute Gasteiger partial charge is 0.243 e. The Morgan fingerprint density at radius 1 is 1.27 bits per heavy atom. The van der Waals surface area contributed by atoms with Crippen molar-refractivity contribution in [1.29, 1.82) is 0 Å². The number of piperidine rings is 1. The third-order valence-electron chi connectivity index (χ3n) is 5.10. The first-order chi connectivity index (χ1) is 12.0. The van der Waals surface area contributed by atoms with Crippen LogP contribution in [-0.2, 0) is 22.6 Å². The normalized spacial score (nSPS) is 22.3. The van der Waals surface area contributed by atoms with Crippen molar-refractivity contribution < 1.29 is 9.59 Å². The molecule has 1 aromatic rings. The van der Waals surface area contributed by atoms with E-state index in [1.807, 2.05) is 26.0 Å². The van der Waals surface area contributed by atoms with E-state index in [-0.39, 0.29) is 36.2 Å². The first-order valence-corrected chi connectivity index (χ1v) is 9.42. The Hall–Kier alpha value is -1.59. The van der Waals surface area contributed by atoms with Gasteiger partial charge in [-0.15, -0.1) is 12.4 Å². The lowest BCUT2D eigenvalue weighted by Crippen LogP contribution is -2.56. The summed E-state index contributed by atoms with van der Waals surface area (Å²) in [4.78, 5) is 27.5. The molecule has 2 amide bonds. The molecule has 2 aliphatic rings. The third kappa shape index (κ3) is 4.98. The number of halogens is 1. The van der Waals surface area contributed by atoms with Gasteiger partial charge < -0.3 is 15.5 Å². The van der Waals surface area contributed by atoms with E-state index in [2.05, 4.69) is 22.8 Å². The highest BCUT2D eigenvalue weighted by Gasteiger charge is 2.35. The fourth-order valence-corrected chi connectivity index (χ4v) is 3.76. The number of nitrogens with one attached hydrogen (secondary N) is 2. The van der Waals surface area contributed by atoms with Crippen molar-refractivity contribution >= 4 is 24.2 Å². The quantitative estimate of drug-likeness (QED) is 0.843. The lowest BCUT2D eigenvalue weighted by atomic mass is 9.92. The first-order valence-electron chi connectivity index (χ1n) is 9.42. The molecule has 2 N–H and O–H groups in total. The van der Waals surface area contributed by atoms with E-state index in [4.69, 9.17) is 0 Å².